The summed E-state index contributed by atoms with van der Waals surface area (Å²) < 4.78 is 22.2. The van der Waals surface area contributed by atoms with Crippen LogP contribution in [0.4, 0.5) is 15.8 Å². The first-order valence-corrected chi connectivity index (χ1v) is 11.8. The van der Waals surface area contributed by atoms with Gasteiger partial charge in [0.25, 0.3) is 5.56 Å². The molecule has 11 heteroatoms. The molecule has 0 saturated carbocycles. The van der Waals surface area contributed by atoms with Gasteiger partial charge >= 0.3 is 0 Å². The van der Waals surface area contributed by atoms with E-state index in [-0.39, 0.29) is 38.9 Å². The van der Waals surface area contributed by atoms with Crippen molar-refractivity contribution in [3.8, 4) is 11.4 Å². The number of amides is 1. The topological polar surface area (TPSA) is 93.7 Å². The molecule has 2 aliphatic rings. The third kappa shape index (κ3) is 3.70. The van der Waals surface area contributed by atoms with Gasteiger partial charge in [0.2, 0.25) is 5.91 Å². The third-order valence-electron chi connectivity index (χ3n) is 6.54. The van der Waals surface area contributed by atoms with Crippen LogP contribution in [0, 0.1) is 12.7 Å². The Balaban J connectivity index is 1.71. The number of carbonyl (C=O) groups excluding carboxylic acids is 1. The Bertz CT molecular complexity index is 1430. The molecule has 1 aromatic carbocycles. The van der Waals surface area contributed by atoms with E-state index >= 15 is 4.39 Å². The number of hydrogen-bond donors (Lipinski definition) is 1. The van der Waals surface area contributed by atoms with Crippen molar-refractivity contribution in [3.05, 3.63) is 62.9 Å². The molecule has 8 nitrogen and oxygen atoms in total. The second-order valence-electron chi connectivity index (χ2n) is 8.55. The SMILES string of the molecule is C=CC(=O)N1CCN2c3c(cnc4c(=O)n(-c5c(N)c(Cl)cc(Cl)c5F)c(C)cc34)OCC[C@H]2C1. The molecule has 0 unspecified atom stereocenters. The quantitative estimate of drug-likeness (QED) is 0.316. The zero-order valence-corrected chi connectivity index (χ0v) is 20.4. The number of nitrogens with two attached hydrogens (primary N) is 1. The van der Waals surface area contributed by atoms with E-state index in [0.29, 0.717) is 49.5 Å². The highest BCUT2D eigenvalue weighted by Gasteiger charge is 2.34. The van der Waals surface area contributed by atoms with Crippen molar-refractivity contribution in [2.75, 3.05) is 36.9 Å². The number of fused-ring (bicyclic) bond motifs is 5. The van der Waals surface area contributed by atoms with Gasteiger partial charge in [-0.05, 0) is 25.1 Å². The maximum Gasteiger partial charge on any atom is 0.282 e. The second-order valence-corrected chi connectivity index (χ2v) is 9.36. The molecule has 1 amide bonds. The number of nitrogens with zero attached hydrogens (tertiary/aromatic N) is 4. The fourth-order valence-corrected chi connectivity index (χ4v) is 5.32. The second kappa shape index (κ2) is 8.73. The fourth-order valence-electron chi connectivity index (χ4n) is 4.87. The first-order valence-electron chi connectivity index (χ1n) is 11.0. The van der Waals surface area contributed by atoms with Crippen LogP contribution in [0.5, 0.6) is 5.75 Å². The maximum atomic E-state index is 15.0. The van der Waals surface area contributed by atoms with E-state index in [1.54, 1.807) is 17.9 Å². The molecule has 1 fully saturated rings. The molecule has 2 N–H and O–H groups in total. The summed E-state index contributed by atoms with van der Waals surface area (Å²) in [6.45, 7) is 7.26. The lowest BCUT2D eigenvalue weighted by Crippen LogP contribution is -2.54. The lowest BCUT2D eigenvalue weighted by atomic mass is 10.1. The number of hydrogen-bond acceptors (Lipinski definition) is 6. The molecule has 1 saturated heterocycles. The van der Waals surface area contributed by atoms with Gasteiger partial charge in [-0.2, -0.15) is 0 Å². The van der Waals surface area contributed by atoms with Crippen LogP contribution in [-0.4, -0.2) is 52.6 Å². The molecule has 3 aromatic rings. The van der Waals surface area contributed by atoms with E-state index in [1.165, 1.54) is 18.3 Å². The Morgan fingerprint density at radius 2 is 2.06 bits per heavy atom. The molecular formula is C24H22Cl2FN5O3. The van der Waals surface area contributed by atoms with Crippen LogP contribution in [0.25, 0.3) is 16.6 Å². The molecule has 0 spiro atoms. The molecule has 0 radical (unpaired) electrons. The normalized spacial score (nSPS) is 17.4. The number of anilines is 2. The summed E-state index contributed by atoms with van der Waals surface area (Å²) in [6, 6.07) is 2.94. The number of nitrogen functional groups attached to an aromatic ring is 1. The average molecular weight is 518 g/mol. The first kappa shape index (κ1) is 23.4. The number of piperazine rings is 1. The number of benzene rings is 1. The Labute approximate surface area is 210 Å². The number of aryl methyl sites for hydroxylation is 1. The molecule has 1 atom stereocenters. The number of rotatable bonds is 2. The lowest BCUT2D eigenvalue weighted by molar-refractivity contribution is -0.126. The number of aromatic nitrogens is 2. The minimum Gasteiger partial charge on any atom is -0.490 e. The van der Waals surface area contributed by atoms with Crippen molar-refractivity contribution in [1.82, 2.24) is 14.5 Å². The van der Waals surface area contributed by atoms with Crippen LogP contribution in [0.15, 0.2) is 35.8 Å². The van der Waals surface area contributed by atoms with E-state index in [1.807, 2.05) is 0 Å². The number of carbonyl (C=O) groups is 1. The molecular weight excluding hydrogens is 496 g/mol. The molecule has 5 rings (SSSR count). The predicted octanol–water partition coefficient (Wildman–Crippen LogP) is 3.71. The molecule has 2 aromatic heterocycles. The standard InChI is InChI=1S/C24H22Cl2FN5O3/c1-3-18(33)30-5-6-31-13(11-30)4-7-35-17-10-29-21-14(22(17)31)8-12(2)32(24(21)34)23-19(27)15(25)9-16(26)20(23)28/h3,8-10,13H,1,4-7,11,28H2,2H3/t13-/m0/s1. The smallest absolute Gasteiger partial charge is 0.282 e. The van der Waals surface area contributed by atoms with Crippen molar-refractivity contribution in [3.63, 3.8) is 0 Å². The number of ether oxygens (including phenoxy) is 1. The highest BCUT2D eigenvalue weighted by molar-refractivity contribution is 6.37. The van der Waals surface area contributed by atoms with Gasteiger partial charge in [-0.1, -0.05) is 29.8 Å². The Morgan fingerprint density at radius 3 is 2.80 bits per heavy atom. The summed E-state index contributed by atoms with van der Waals surface area (Å²) in [4.78, 5) is 34.1. The van der Waals surface area contributed by atoms with Gasteiger partial charge < -0.3 is 20.3 Å². The maximum absolute atomic E-state index is 15.0. The highest BCUT2D eigenvalue weighted by Crippen LogP contribution is 2.40. The summed E-state index contributed by atoms with van der Waals surface area (Å²) in [5.74, 6) is -0.413. The van der Waals surface area contributed by atoms with Gasteiger partial charge in [0.05, 0.1) is 40.3 Å². The van der Waals surface area contributed by atoms with E-state index in [4.69, 9.17) is 33.7 Å². The minimum absolute atomic E-state index is 0.0120. The van der Waals surface area contributed by atoms with Crippen molar-refractivity contribution >= 4 is 51.4 Å². The van der Waals surface area contributed by atoms with Gasteiger partial charge in [-0.15, -0.1) is 0 Å². The highest BCUT2D eigenvalue weighted by atomic mass is 35.5. The number of halogens is 3. The van der Waals surface area contributed by atoms with Gasteiger partial charge in [0, 0.05) is 37.1 Å². The third-order valence-corrected chi connectivity index (χ3v) is 7.13. The molecule has 4 heterocycles. The van der Waals surface area contributed by atoms with Gasteiger partial charge in [0.1, 0.15) is 11.2 Å². The van der Waals surface area contributed by atoms with Gasteiger partial charge in [-0.3, -0.25) is 14.2 Å². The van der Waals surface area contributed by atoms with Gasteiger partial charge in [-0.25, -0.2) is 9.37 Å². The van der Waals surface area contributed by atoms with E-state index in [9.17, 15) is 9.59 Å². The average Bonchev–Trinajstić information content (AvgIpc) is 3.03. The van der Waals surface area contributed by atoms with Crippen molar-refractivity contribution in [2.45, 2.75) is 19.4 Å². The largest absolute Gasteiger partial charge is 0.490 e. The molecule has 0 bridgehead atoms. The van der Waals surface area contributed by atoms with E-state index in [2.05, 4.69) is 16.5 Å². The van der Waals surface area contributed by atoms with E-state index < -0.39 is 11.4 Å². The first-order chi connectivity index (χ1) is 16.7. The van der Waals surface area contributed by atoms with Crippen LogP contribution < -0.4 is 20.9 Å². The van der Waals surface area contributed by atoms with E-state index in [0.717, 1.165) is 10.3 Å². The Kier molecular flexibility index (Phi) is 5.85. The van der Waals surface area contributed by atoms with Crippen LogP contribution in [0.1, 0.15) is 12.1 Å². The summed E-state index contributed by atoms with van der Waals surface area (Å²) in [5, 5.41) is 0.364. The van der Waals surface area contributed by atoms with Crippen molar-refractivity contribution in [1.29, 1.82) is 0 Å². The fraction of sp³-hybridized carbons (Fsp3) is 0.292. The predicted molar refractivity (Wildman–Crippen MR) is 134 cm³/mol. The molecule has 0 aliphatic carbocycles. The van der Waals surface area contributed by atoms with Crippen LogP contribution in [-0.2, 0) is 4.79 Å². The summed E-state index contributed by atoms with van der Waals surface area (Å²) in [7, 11) is 0. The summed E-state index contributed by atoms with van der Waals surface area (Å²) in [6.07, 6.45) is 3.51. The Hall–Kier alpha value is -3.30. The Morgan fingerprint density at radius 1 is 1.29 bits per heavy atom. The van der Waals surface area contributed by atoms with Crippen LogP contribution in [0.3, 0.4) is 0 Å². The van der Waals surface area contributed by atoms with Crippen LogP contribution >= 0.6 is 23.2 Å². The number of pyridine rings is 2. The monoisotopic (exact) mass is 517 g/mol. The summed E-state index contributed by atoms with van der Waals surface area (Å²) in [5.41, 5.74) is 6.45. The zero-order chi connectivity index (χ0) is 25.0. The minimum atomic E-state index is -0.848. The van der Waals surface area contributed by atoms with Crippen molar-refractivity contribution < 1.29 is 13.9 Å². The molecule has 182 valence electrons. The summed E-state index contributed by atoms with van der Waals surface area (Å²) >= 11 is 12.1. The van der Waals surface area contributed by atoms with Crippen LogP contribution in [0.2, 0.25) is 10.0 Å². The van der Waals surface area contributed by atoms with Crippen molar-refractivity contribution in [2.24, 2.45) is 0 Å². The zero-order valence-electron chi connectivity index (χ0n) is 18.9. The molecule has 35 heavy (non-hydrogen) atoms. The van der Waals surface area contributed by atoms with Gasteiger partial charge in [0.15, 0.2) is 11.6 Å². The lowest BCUT2D eigenvalue weighted by Gasteiger charge is -2.41. The molecule has 2 aliphatic heterocycles.